The highest BCUT2D eigenvalue weighted by Crippen LogP contribution is 2.17. The van der Waals surface area contributed by atoms with E-state index in [4.69, 9.17) is 0 Å². The lowest BCUT2D eigenvalue weighted by Crippen LogP contribution is -2.29. The smallest absolute Gasteiger partial charge is 0.274 e. The van der Waals surface area contributed by atoms with E-state index in [-0.39, 0.29) is 10.6 Å². The molecule has 0 radical (unpaired) electrons. The number of benzene rings is 1. The van der Waals surface area contributed by atoms with E-state index in [0.717, 1.165) is 6.42 Å². The summed E-state index contributed by atoms with van der Waals surface area (Å²) in [5.41, 5.74) is 0.631. The first-order chi connectivity index (χ1) is 11.5. The second-order valence-electron chi connectivity index (χ2n) is 5.23. The Morgan fingerprint density at radius 2 is 2.00 bits per heavy atom. The van der Waals surface area contributed by atoms with Crippen LogP contribution in [0.1, 0.15) is 23.3 Å². The summed E-state index contributed by atoms with van der Waals surface area (Å²) < 4.78 is 27.2. The van der Waals surface area contributed by atoms with Crippen LogP contribution >= 0.6 is 0 Å². The van der Waals surface area contributed by atoms with Gasteiger partial charge in [-0.2, -0.15) is 0 Å². The van der Waals surface area contributed by atoms with Crippen molar-refractivity contribution in [1.29, 1.82) is 0 Å². The summed E-state index contributed by atoms with van der Waals surface area (Å²) in [7, 11) is -3.71. The lowest BCUT2D eigenvalue weighted by atomic mass is 10.3. The maximum absolute atomic E-state index is 12.4. The molecule has 2 aromatic rings. The van der Waals surface area contributed by atoms with Crippen LogP contribution in [-0.2, 0) is 10.0 Å². The Morgan fingerprint density at radius 1 is 1.12 bits per heavy atom. The fourth-order valence-electron chi connectivity index (χ4n) is 2.27. The average Bonchev–Trinajstić information content (AvgIpc) is 3.08. The number of hydrogen-bond acceptors (Lipinski definition) is 5. The number of nitrogens with zero attached hydrogens (tertiary/aromatic N) is 2. The van der Waals surface area contributed by atoms with Gasteiger partial charge in [0.05, 0.1) is 4.90 Å². The first kappa shape index (κ1) is 16.1. The number of aromatic nitrogens is 1. The van der Waals surface area contributed by atoms with Gasteiger partial charge in [-0.25, -0.2) is 8.42 Å². The van der Waals surface area contributed by atoms with Crippen molar-refractivity contribution in [1.82, 2.24) is 9.71 Å². The Kier molecular flexibility index (Phi) is 4.57. The van der Waals surface area contributed by atoms with Crippen LogP contribution in [0.15, 0.2) is 58.5 Å². The molecular weight excluding hydrogens is 328 g/mol. The predicted molar refractivity (Wildman–Crippen MR) is 90.5 cm³/mol. The molecule has 2 N–H and O–H groups in total. The number of carbonyl (C=O) groups excluding carboxylic acids is 1. The van der Waals surface area contributed by atoms with Crippen molar-refractivity contribution in [2.24, 2.45) is 4.99 Å². The van der Waals surface area contributed by atoms with Gasteiger partial charge in [0.15, 0.2) is 0 Å². The Balaban J connectivity index is 1.77. The van der Waals surface area contributed by atoms with Gasteiger partial charge in [-0.1, -0.05) is 12.1 Å². The van der Waals surface area contributed by atoms with Gasteiger partial charge in [0, 0.05) is 24.8 Å². The molecule has 0 unspecified atom stereocenters. The number of amides is 1. The molecule has 0 saturated carbocycles. The van der Waals surface area contributed by atoms with Crippen LogP contribution in [0.2, 0.25) is 0 Å². The third-order valence-electron chi connectivity index (χ3n) is 3.43. The SMILES string of the molecule is O=C(Nc1cccc(S(=O)(=O)NC2=NCCC2)c1)c1ccccn1. The molecule has 0 aliphatic carbocycles. The van der Waals surface area contributed by atoms with Crippen LogP contribution in [0.3, 0.4) is 0 Å². The van der Waals surface area contributed by atoms with E-state index in [2.05, 4.69) is 20.0 Å². The molecule has 1 aliphatic rings. The number of carbonyl (C=O) groups is 1. The highest BCUT2D eigenvalue weighted by Gasteiger charge is 2.19. The zero-order valence-electron chi connectivity index (χ0n) is 12.8. The molecule has 3 rings (SSSR count). The minimum absolute atomic E-state index is 0.0657. The standard InChI is InChI=1S/C16H16N4O3S/c21-16(14-7-1-2-9-17-14)19-12-5-3-6-13(11-12)24(22,23)20-15-8-4-10-18-15/h1-3,5-7,9,11H,4,8,10H2,(H,18,20)(H,19,21). The van der Waals surface area contributed by atoms with Gasteiger partial charge in [-0.05, 0) is 36.8 Å². The number of hydrogen-bond donors (Lipinski definition) is 2. The van der Waals surface area contributed by atoms with Crippen molar-refractivity contribution in [3.8, 4) is 0 Å². The summed E-state index contributed by atoms with van der Waals surface area (Å²) in [5, 5.41) is 2.64. The number of nitrogens with one attached hydrogen (secondary N) is 2. The number of pyridine rings is 1. The van der Waals surface area contributed by atoms with Crippen molar-refractivity contribution in [2.75, 3.05) is 11.9 Å². The zero-order chi connectivity index (χ0) is 17.0. The topological polar surface area (TPSA) is 101 Å². The third-order valence-corrected chi connectivity index (χ3v) is 4.81. The molecule has 0 fully saturated rings. The minimum atomic E-state index is -3.71. The molecule has 0 saturated heterocycles. The van der Waals surface area contributed by atoms with Crippen LogP contribution in [-0.4, -0.2) is 31.7 Å². The fraction of sp³-hybridized carbons (Fsp3) is 0.188. The average molecular weight is 344 g/mol. The summed E-state index contributed by atoms with van der Waals surface area (Å²) in [6, 6.07) is 11.0. The first-order valence-electron chi connectivity index (χ1n) is 7.43. The van der Waals surface area contributed by atoms with E-state index < -0.39 is 15.9 Å². The van der Waals surface area contributed by atoms with Crippen LogP contribution in [0.5, 0.6) is 0 Å². The molecule has 1 aromatic carbocycles. The Morgan fingerprint density at radius 3 is 2.71 bits per heavy atom. The molecule has 1 aliphatic heterocycles. The second kappa shape index (κ2) is 6.79. The Labute approximate surface area is 139 Å². The van der Waals surface area contributed by atoms with E-state index in [1.165, 1.54) is 18.3 Å². The van der Waals surface area contributed by atoms with Crippen LogP contribution in [0.4, 0.5) is 5.69 Å². The molecule has 0 spiro atoms. The molecular formula is C16H16N4O3S. The van der Waals surface area contributed by atoms with Crippen molar-refractivity contribution >= 4 is 27.5 Å². The van der Waals surface area contributed by atoms with Crippen LogP contribution in [0, 0.1) is 0 Å². The lowest BCUT2D eigenvalue weighted by Gasteiger charge is -2.10. The quantitative estimate of drug-likeness (QED) is 0.883. The fourth-order valence-corrected chi connectivity index (χ4v) is 3.40. The lowest BCUT2D eigenvalue weighted by molar-refractivity contribution is 0.102. The molecule has 1 aromatic heterocycles. The molecule has 7 nitrogen and oxygen atoms in total. The largest absolute Gasteiger partial charge is 0.321 e. The second-order valence-corrected chi connectivity index (χ2v) is 6.92. The highest BCUT2D eigenvalue weighted by molar-refractivity contribution is 7.90. The zero-order valence-corrected chi connectivity index (χ0v) is 13.6. The minimum Gasteiger partial charge on any atom is -0.321 e. The third kappa shape index (κ3) is 3.77. The molecule has 0 bridgehead atoms. The van der Waals surface area contributed by atoms with E-state index in [0.29, 0.717) is 24.5 Å². The molecule has 0 atom stereocenters. The van der Waals surface area contributed by atoms with Gasteiger partial charge in [0.1, 0.15) is 11.5 Å². The summed E-state index contributed by atoms with van der Waals surface area (Å²) in [4.78, 5) is 20.2. The van der Waals surface area contributed by atoms with Gasteiger partial charge >= 0.3 is 0 Å². The highest BCUT2D eigenvalue weighted by atomic mass is 32.2. The van der Waals surface area contributed by atoms with Crippen LogP contribution < -0.4 is 10.0 Å². The van der Waals surface area contributed by atoms with Crippen molar-refractivity contribution < 1.29 is 13.2 Å². The maximum Gasteiger partial charge on any atom is 0.274 e. The first-order valence-corrected chi connectivity index (χ1v) is 8.91. The van der Waals surface area contributed by atoms with Crippen LogP contribution in [0.25, 0.3) is 0 Å². The van der Waals surface area contributed by atoms with Crippen molar-refractivity contribution in [3.05, 3.63) is 54.4 Å². The summed E-state index contributed by atoms with van der Waals surface area (Å²) in [5.74, 6) is 0.0659. The number of aliphatic imine (C=N–C) groups is 1. The predicted octanol–water partition coefficient (Wildman–Crippen LogP) is 1.80. The summed E-state index contributed by atoms with van der Waals surface area (Å²) >= 11 is 0. The summed E-state index contributed by atoms with van der Waals surface area (Å²) in [6.07, 6.45) is 2.98. The molecule has 2 heterocycles. The van der Waals surface area contributed by atoms with Gasteiger partial charge in [-0.3, -0.25) is 19.5 Å². The van der Waals surface area contributed by atoms with Crippen molar-refractivity contribution in [2.45, 2.75) is 17.7 Å². The van der Waals surface area contributed by atoms with Gasteiger partial charge in [0.25, 0.3) is 15.9 Å². The monoisotopic (exact) mass is 344 g/mol. The Bertz CT molecular complexity index is 879. The summed E-state index contributed by atoms with van der Waals surface area (Å²) in [6.45, 7) is 0.637. The number of anilines is 1. The van der Waals surface area contributed by atoms with Crippen molar-refractivity contribution in [3.63, 3.8) is 0 Å². The molecule has 124 valence electrons. The van der Waals surface area contributed by atoms with E-state index in [9.17, 15) is 13.2 Å². The van der Waals surface area contributed by atoms with Gasteiger partial charge in [-0.15, -0.1) is 0 Å². The number of sulfonamides is 1. The number of rotatable bonds is 4. The van der Waals surface area contributed by atoms with Gasteiger partial charge in [0.2, 0.25) is 0 Å². The molecule has 8 heteroatoms. The van der Waals surface area contributed by atoms with E-state index >= 15 is 0 Å². The van der Waals surface area contributed by atoms with Gasteiger partial charge < -0.3 is 5.32 Å². The molecule has 1 amide bonds. The normalized spacial score (nSPS) is 14.1. The Hall–Kier alpha value is -2.74. The van der Waals surface area contributed by atoms with E-state index in [1.807, 2.05) is 0 Å². The maximum atomic E-state index is 12.4. The molecule has 24 heavy (non-hydrogen) atoms. The van der Waals surface area contributed by atoms with E-state index in [1.54, 1.807) is 30.3 Å². The number of amidine groups is 1.